The van der Waals surface area contributed by atoms with E-state index in [9.17, 15) is 0 Å². The Kier molecular flexibility index (Phi) is 6.39. The maximum Gasteiger partial charge on any atom is 0.166 e. The van der Waals surface area contributed by atoms with Crippen molar-refractivity contribution < 1.29 is 0 Å². The van der Waals surface area contributed by atoms with Crippen molar-refractivity contribution in [2.75, 3.05) is 26.2 Å². The molecule has 3 fully saturated rings. The number of piperidine rings is 3. The lowest BCUT2D eigenvalue weighted by Crippen LogP contribution is -2.56. The summed E-state index contributed by atoms with van der Waals surface area (Å²) in [6.45, 7) is 8.55. The van der Waals surface area contributed by atoms with Gasteiger partial charge in [0.05, 0.1) is 5.69 Å². The molecule has 1 unspecified atom stereocenters. The molecule has 2 bridgehead atoms. The molecule has 0 amide bonds. The second-order valence-corrected chi connectivity index (χ2v) is 10.6. The van der Waals surface area contributed by atoms with Crippen molar-refractivity contribution in [2.24, 2.45) is 18.9 Å². The first-order valence-corrected chi connectivity index (χ1v) is 12.7. The molecule has 2 aromatic carbocycles. The van der Waals surface area contributed by atoms with Crippen LogP contribution in [0.1, 0.15) is 38.3 Å². The first-order valence-electron chi connectivity index (χ1n) is 12.3. The van der Waals surface area contributed by atoms with E-state index in [2.05, 4.69) is 89.6 Å². The van der Waals surface area contributed by atoms with E-state index in [4.69, 9.17) is 17.3 Å². The molecule has 1 aromatic heterocycles. The molecule has 0 spiro atoms. The number of hydrogen-bond acceptors (Lipinski definition) is 3. The maximum atomic E-state index is 5.47. The predicted octanol–water partition coefficient (Wildman–Crippen LogP) is 4.54. The molecule has 0 saturated carbocycles. The summed E-state index contributed by atoms with van der Waals surface area (Å²) < 4.78 is 2.12. The third-order valence-corrected chi connectivity index (χ3v) is 7.68. The Bertz CT molecular complexity index is 1140. The Morgan fingerprint density at radius 2 is 1.94 bits per heavy atom. The van der Waals surface area contributed by atoms with Crippen LogP contribution in [0.25, 0.3) is 22.0 Å². The lowest BCUT2D eigenvalue weighted by molar-refractivity contribution is 0.0303. The van der Waals surface area contributed by atoms with Gasteiger partial charge in [0.15, 0.2) is 5.11 Å². The number of aryl methyl sites for hydroxylation is 1. The van der Waals surface area contributed by atoms with Crippen LogP contribution in [0, 0.1) is 11.8 Å². The predicted molar refractivity (Wildman–Crippen MR) is 140 cm³/mol. The molecular formula is C27H35N5S. The molecule has 4 atom stereocenters. The zero-order valence-electron chi connectivity index (χ0n) is 19.9. The molecule has 3 aliphatic rings. The van der Waals surface area contributed by atoms with Gasteiger partial charge in [-0.3, -0.25) is 9.58 Å². The zero-order chi connectivity index (χ0) is 22.9. The quantitative estimate of drug-likeness (QED) is 0.528. The Hall–Kier alpha value is -2.44. The summed E-state index contributed by atoms with van der Waals surface area (Å²) in [5.41, 5.74) is 3.64. The van der Waals surface area contributed by atoms with Crippen molar-refractivity contribution in [2.45, 2.75) is 38.6 Å². The van der Waals surface area contributed by atoms with E-state index >= 15 is 0 Å². The minimum Gasteiger partial charge on any atom is -0.362 e. The summed E-state index contributed by atoms with van der Waals surface area (Å²) in [5.74, 6) is 1.85. The third-order valence-electron chi connectivity index (χ3n) is 7.39. The van der Waals surface area contributed by atoms with Crippen molar-refractivity contribution in [3.63, 3.8) is 0 Å². The van der Waals surface area contributed by atoms with Gasteiger partial charge in [0, 0.05) is 49.9 Å². The Morgan fingerprint density at radius 1 is 1.12 bits per heavy atom. The number of benzene rings is 2. The summed E-state index contributed by atoms with van der Waals surface area (Å²) in [6, 6.07) is 18.1. The Labute approximate surface area is 202 Å². The number of hydrogen-bond donors (Lipinski definition) is 2. The molecule has 2 N–H and O–H groups in total. The maximum absolute atomic E-state index is 5.47. The van der Waals surface area contributed by atoms with Crippen LogP contribution in [0.2, 0.25) is 0 Å². The largest absolute Gasteiger partial charge is 0.362 e. The van der Waals surface area contributed by atoms with Crippen LogP contribution in [0.3, 0.4) is 0 Å². The fraction of sp³-hybridized carbons (Fsp3) is 0.481. The second kappa shape index (κ2) is 9.43. The van der Waals surface area contributed by atoms with Crippen LogP contribution in [-0.4, -0.2) is 52.0 Å². The van der Waals surface area contributed by atoms with Crippen LogP contribution in [-0.2, 0) is 7.05 Å². The van der Waals surface area contributed by atoms with Crippen LogP contribution in [0.4, 0.5) is 0 Å². The molecule has 0 aliphatic carbocycles. The summed E-state index contributed by atoms with van der Waals surface area (Å²) in [5, 5.41) is 15.0. The minimum atomic E-state index is 0.549. The first-order chi connectivity index (χ1) is 16.0. The number of nitrogens with one attached hydrogen (secondary N) is 2. The fourth-order valence-corrected chi connectivity index (χ4v) is 5.74. The van der Waals surface area contributed by atoms with Crippen molar-refractivity contribution in [3.05, 3.63) is 54.2 Å². The molecule has 3 saturated heterocycles. The molecule has 3 aliphatic heterocycles. The van der Waals surface area contributed by atoms with Crippen LogP contribution < -0.4 is 10.6 Å². The zero-order valence-corrected chi connectivity index (χ0v) is 20.7. The van der Waals surface area contributed by atoms with E-state index in [1.807, 2.05) is 0 Å². The average Bonchev–Trinajstić information content (AvgIpc) is 3.22. The van der Waals surface area contributed by atoms with Gasteiger partial charge < -0.3 is 10.6 Å². The highest BCUT2D eigenvalue weighted by atomic mass is 32.1. The minimum absolute atomic E-state index is 0.549. The summed E-state index contributed by atoms with van der Waals surface area (Å²) in [7, 11) is 2.11. The molecule has 174 valence electrons. The summed E-state index contributed by atoms with van der Waals surface area (Å²) >= 11 is 5.47. The third kappa shape index (κ3) is 4.78. The molecular weight excluding hydrogens is 426 g/mol. The van der Waals surface area contributed by atoms with Gasteiger partial charge in [0.2, 0.25) is 0 Å². The highest BCUT2D eigenvalue weighted by Crippen LogP contribution is 2.42. The molecule has 4 heterocycles. The standard InChI is InChI=1S/C27H35N5S/c1-18(2)15-28-27(33)29-16-23-13-21-10-11-32(23)17-24(21)26-14-25(30-31(26)3)22-9-8-19-6-4-5-7-20(19)12-22/h4-9,12,14,18,21,23-24H,10-11,13,15-17H2,1-3H3,(H2,28,29,33)/t21-,23+,24-/m0/s1. The topological polar surface area (TPSA) is 45.1 Å². The van der Waals surface area contributed by atoms with Crippen LogP contribution >= 0.6 is 12.2 Å². The van der Waals surface area contributed by atoms with Gasteiger partial charge in [-0.15, -0.1) is 0 Å². The number of nitrogens with zero attached hydrogens (tertiary/aromatic N) is 3. The van der Waals surface area contributed by atoms with Gasteiger partial charge in [-0.1, -0.05) is 50.2 Å². The van der Waals surface area contributed by atoms with Gasteiger partial charge >= 0.3 is 0 Å². The van der Waals surface area contributed by atoms with Gasteiger partial charge in [-0.25, -0.2) is 0 Å². The van der Waals surface area contributed by atoms with Crippen molar-refractivity contribution in [1.29, 1.82) is 0 Å². The molecule has 3 aromatic rings. The molecule has 33 heavy (non-hydrogen) atoms. The SMILES string of the molecule is CC(C)CNC(=S)NC[C@H]1C[C@@H]2CCN1C[C@@H]2c1cc(-c2ccc3ccccc3c2)nn1C. The number of rotatable bonds is 6. The van der Waals surface area contributed by atoms with E-state index in [-0.39, 0.29) is 0 Å². The van der Waals surface area contributed by atoms with Gasteiger partial charge in [0.25, 0.3) is 0 Å². The monoisotopic (exact) mass is 461 g/mol. The average molecular weight is 462 g/mol. The highest BCUT2D eigenvalue weighted by molar-refractivity contribution is 7.80. The van der Waals surface area contributed by atoms with E-state index in [1.165, 1.54) is 41.4 Å². The molecule has 6 heteroatoms. The van der Waals surface area contributed by atoms with E-state index in [0.29, 0.717) is 23.8 Å². The van der Waals surface area contributed by atoms with E-state index in [1.54, 1.807) is 0 Å². The van der Waals surface area contributed by atoms with Gasteiger partial charge in [0.1, 0.15) is 0 Å². The number of aromatic nitrogens is 2. The van der Waals surface area contributed by atoms with E-state index in [0.717, 1.165) is 30.4 Å². The number of thiocarbonyl (C=S) groups is 1. The fourth-order valence-electron chi connectivity index (χ4n) is 5.57. The van der Waals surface area contributed by atoms with E-state index < -0.39 is 0 Å². The highest BCUT2D eigenvalue weighted by Gasteiger charge is 2.41. The van der Waals surface area contributed by atoms with Gasteiger partial charge in [-0.2, -0.15) is 5.10 Å². The summed E-state index contributed by atoms with van der Waals surface area (Å²) in [4.78, 5) is 2.66. The van der Waals surface area contributed by atoms with Crippen LogP contribution in [0.15, 0.2) is 48.5 Å². The van der Waals surface area contributed by atoms with Crippen LogP contribution in [0.5, 0.6) is 0 Å². The first kappa shape index (κ1) is 22.4. The summed E-state index contributed by atoms with van der Waals surface area (Å²) in [6.07, 6.45) is 2.49. The number of fused-ring (bicyclic) bond motifs is 4. The second-order valence-electron chi connectivity index (χ2n) is 10.2. The van der Waals surface area contributed by atoms with Crippen molar-refractivity contribution >= 4 is 28.1 Å². The molecule has 5 nitrogen and oxygen atoms in total. The lowest BCUT2D eigenvalue weighted by atomic mass is 9.74. The van der Waals surface area contributed by atoms with Gasteiger partial charge in [-0.05, 0) is 66.3 Å². The molecule has 0 radical (unpaired) electrons. The lowest BCUT2D eigenvalue weighted by Gasteiger charge is -2.50. The smallest absolute Gasteiger partial charge is 0.166 e. The normalized spacial score (nSPS) is 24.4. The Morgan fingerprint density at radius 3 is 2.70 bits per heavy atom. The molecule has 6 rings (SSSR count). The Balaban J connectivity index is 1.26. The van der Waals surface area contributed by atoms with Crippen molar-refractivity contribution in [3.8, 4) is 11.3 Å². The van der Waals surface area contributed by atoms with Crippen molar-refractivity contribution in [1.82, 2.24) is 25.3 Å².